The Morgan fingerprint density at radius 2 is 1.74 bits per heavy atom. The van der Waals surface area contributed by atoms with Gasteiger partial charge in [0.05, 0.1) is 18.4 Å². The number of anilines is 2. The van der Waals surface area contributed by atoms with E-state index in [1.54, 1.807) is 41.3 Å². The highest BCUT2D eigenvalue weighted by Crippen LogP contribution is 2.20. The third-order valence-corrected chi connectivity index (χ3v) is 4.42. The Labute approximate surface area is 161 Å². The van der Waals surface area contributed by atoms with Crippen LogP contribution in [0.3, 0.4) is 0 Å². The fourth-order valence-corrected chi connectivity index (χ4v) is 3.17. The number of carbonyl (C=O) groups is 1. The minimum absolute atomic E-state index is 0.345. The van der Waals surface area contributed by atoms with E-state index < -0.39 is 0 Å². The van der Waals surface area contributed by atoms with E-state index in [4.69, 9.17) is 11.6 Å². The van der Waals surface area contributed by atoms with Crippen molar-refractivity contribution in [1.82, 2.24) is 9.78 Å². The molecule has 27 heavy (non-hydrogen) atoms. The summed E-state index contributed by atoms with van der Waals surface area (Å²) >= 11 is 5.93. The van der Waals surface area contributed by atoms with Crippen molar-refractivity contribution in [1.29, 1.82) is 0 Å². The van der Waals surface area contributed by atoms with Gasteiger partial charge in [-0.05, 0) is 34.5 Å². The Bertz CT molecular complexity index is 1100. The summed E-state index contributed by atoms with van der Waals surface area (Å²) in [6.07, 6.45) is 3.43. The van der Waals surface area contributed by atoms with Crippen molar-refractivity contribution in [3.63, 3.8) is 0 Å². The van der Waals surface area contributed by atoms with Crippen LogP contribution in [-0.4, -0.2) is 15.8 Å². The van der Waals surface area contributed by atoms with E-state index in [1.165, 1.54) is 16.3 Å². The van der Waals surface area contributed by atoms with Crippen LogP contribution in [0, 0.1) is 0 Å². The van der Waals surface area contributed by atoms with Crippen molar-refractivity contribution in [3.05, 3.63) is 89.7 Å². The first-order valence-electron chi connectivity index (χ1n) is 8.50. The van der Waals surface area contributed by atoms with Gasteiger partial charge < -0.3 is 10.6 Å². The Balaban J connectivity index is 1.44. The van der Waals surface area contributed by atoms with E-state index in [2.05, 4.69) is 40.0 Å². The molecule has 0 saturated carbocycles. The van der Waals surface area contributed by atoms with Crippen LogP contribution in [0.25, 0.3) is 10.8 Å². The predicted molar refractivity (Wildman–Crippen MR) is 109 cm³/mol. The molecule has 134 valence electrons. The number of rotatable bonds is 4. The molecule has 4 aromatic rings. The zero-order valence-corrected chi connectivity index (χ0v) is 15.1. The molecule has 0 bridgehead atoms. The number of amides is 2. The summed E-state index contributed by atoms with van der Waals surface area (Å²) < 4.78 is 1.80. The standard InChI is InChI=1S/C21H17ClN4O/c22-17-8-4-9-18(11-17)24-21(27)25-19-12-23-26(14-19)13-16-7-3-6-15-5-1-2-10-20(15)16/h1-12,14H,13H2,(H2,24,25,27). The van der Waals surface area contributed by atoms with Crippen LogP contribution in [-0.2, 0) is 6.54 Å². The minimum atomic E-state index is -0.345. The number of benzene rings is 3. The van der Waals surface area contributed by atoms with E-state index in [0.717, 1.165) is 0 Å². The summed E-state index contributed by atoms with van der Waals surface area (Å²) in [5.74, 6) is 0. The number of halogens is 1. The van der Waals surface area contributed by atoms with E-state index in [0.29, 0.717) is 22.9 Å². The van der Waals surface area contributed by atoms with E-state index in [1.807, 2.05) is 18.2 Å². The molecule has 1 heterocycles. The lowest BCUT2D eigenvalue weighted by Crippen LogP contribution is -2.19. The Hall–Kier alpha value is -3.31. The van der Waals surface area contributed by atoms with Crippen LogP contribution in [0.2, 0.25) is 5.02 Å². The lowest BCUT2D eigenvalue weighted by atomic mass is 10.0. The number of aromatic nitrogens is 2. The molecule has 0 saturated heterocycles. The number of carbonyl (C=O) groups excluding carboxylic acids is 1. The van der Waals surface area contributed by atoms with Crippen molar-refractivity contribution >= 4 is 39.8 Å². The molecule has 0 aliphatic heterocycles. The maximum atomic E-state index is 12.1. The SMILES string of the molecule is O=C(Nc1cccc(Cl)c1)Nc1cnn(Cc2cccc3ccccc23)c1. The topological polar surface area (TPSA) is 59.0 Å². The van der Waals surface area contributed by atoms with Gasteiger partial charge in [-0.1, -0.05) is 60.1 Å². The summed E-state index contributed by atoms with van der Waals surface area (Å²) in [6.45, 7) is 0.624. The zero-order valence-electron chi connectivity index (χ0n) is 14.4. The molecule has 0 fully saturated rings. The molecule has 0 aliphatic rings. The molecule has 0 aliphatic carbocycles. The van der Waals surface area contributed by atoms with Gasteiger partial charge in [-0.25, -0.2) is 4.79 Å². The highest BCUT2D eigenvalue weighted by molar-refractivity contribution is 6.30. The molecule has 2 amide bonds. The van der Waals surface area contributed by atoms with Crippen LogP contribution >= 0.6 is 11.6 Å². The number of hydrogen-bond acceptors (Lipinski definition) is 2. The second kappa shape index (κ2) is 7.51. The van der Waals surface area contributed by atoms with Gasteiger partial charge in [0.15, 0.2) is 0 Å². The van der Waals surface area contributed by atoms with Crippen molar-refractivity contribution in [2.45, 2.75) is 6.54 Å². The first kappa shape index (κ1) is 17.1. The highest BCUT2D eigenvalue weighted by atomic mass is 35.5. The number of fused-ring (bicyclic) bond motifs is 1. The van der Waals surface area contributed by atoms with Crippen molar-refractivity contribution in [3.8, 4) is 0 Å². The average molecular weight is 377 g/mol. The lowest BCUT2D eigenvalue weighted by molar-refractivity contribution is 0.262. The van der Waals surface area contributed by atoms with Crippen LogP contribution in [0.5, 0.6) is 0 Å². The molecule has 0 radical (unpaired) electrons. The highest BCUT2D eigenvalue weighted by Gasteiger charge is 2.07. The summed E-state index contributed by atoms with van der Waals surface area (Å²) in [5, 5.41) is 12.8. The van der Waals surface area contributed by atoms with Crippen molar-refractivity contribution in [2.24, 2.45) is 0 Å². The first-order chi connectivity index (χ1) is 13.2. The molecule has 3 aromatic carbocycles. The van der Waals surface area contributed by atoms with E-state index >= 15 is 0 Å². The molecule has 1 aromatic heterocycles. The molecule has 0 atom stereocenters. The second-order valence-corrected chi connectivity index (χ2v) is 6.59. The molecular formula is C21H17ClN4O. The summed E-state index contributed by atoms with van der Waals surface area (Å²) in [7, 11) is 0. The van der Waals surface area contributed by atoms with Gasteiger partial charge in [-0.2, -0.15) is 5.10 Å². The van der Waals surface area contributed by atoms with Crippen LogP contribution in [0.15, 0.2) is 79.1 Å². The number of urea groups is 1. The fraction of sp³-hybridized carbons (Fsp3) is 0.0476. The van der Waals surface area contributed by atoms with Gasteiger partial charge >= 0.3 is 6.03 Å². The maximum absolute atomic E-state index is 12.1. The van der Waals surface area contributed by atoms with Gasteiger partial charge in [0.25, 0.3) is 0 Å². The van der Waals surface area contributed by atoms with Crippen molar-refractivity contribution < 1.29 is 4.79 Å². The molecule has 6 heteroatoms. The third-order valence-electron chi connectivity index (χ3n) is 4.19. The number of nitrogens with one attached hydrogen (secondary N) is 2. The molecule has 0 spiro atoms. The molecule has 2 N–H and O–H groups in total. The number of hydrogen-bond donors (Lipinski definition) is 2. The van der Waals surface area contributed by atoms with Gasteiger partial charge in [0, 0.05) is 16.9 Å². The molecule has 5 nitrogen and oxygen atoms in total. The average Bonchev–Trinajstić information content (AvgIpc) is 3.09. The quantitative estimate of drug-likeness (QED) is 0.502. The Morgan fingerprint density at radius 3 is 2.63 bits per heavy atom. The Morgan fingerprint density at radius 1 is 0.963 bits per heavy atom. The predicted octanol–water partition coefficient (Wildman–Crippen LogP) is 5.38. The molecular weight excluding hydrogens is 360 g/mol. The van der Waals surface area contributed by atoms with Gasteiger partial charge in [-0.3, -0.25) is 4.68 Å². The van der Waals surface area contributed by atoms with Crippen LogP contribution in [0.4, 0.5) is 16.2 Å². The maximum Gasteiger partial charge on any atom is 0.323 e. The van der Waals surface area contributed by atoms with E-state index in [9.17, 15) is 4.79 Å². The van der Waals surface area contributed by atoms with E-state index in [-0.39, 0.29) is 6.03 Å². The zero-order chi connectivity index (χ0) is 18.6. The molecule has 0 unspecified atom stereocenters. The van der Waals surface area contributed by atoms with Crippen molar-refractivity contribution in [2.75, 3.05) is 10.6 Å². The second-order valence-electron chi connectivity index (χ2n) is 6.15. The van der Waals surface area contributed by atoms with Crippen LogP contribution in [0.1, 0.15) is 5.56 Å². The Kier molecular flexibility index (Phi) is 4.77. The van der Waals surface area contributed by atoms with Gasteiger partial charge in [0.1, 0.15) is 0 Å². The van der Waals surface area contributed by atoms with Gasteiger partial charge in [-0.15, -0.1) is 0 Å². The summed E-state index contributed by atoms with van der Waals surface area (Å²) in [4.78, 5) is 12.1. The smallest absolute Gasteiger partial charge is 0.308 e. The molecule has 4 rings (SSSR count). The van der Waals surface area contributed by atoms with Gasteiger partial charge in [0.2, 0.25) is 0 Å². The monoisotopic (exact) mass is 376 g/mol. The fourth-order valence-electron chi connectivity index (χ4n) is 2.98. The summed E-state index contributed by atoms with van der Waals surface area (Å²) in [5.41, 5.74) is 2.42. The van der Waals surface area contributed by atoms with Crippen LogP contribution < -0.4 is 10.6 Å². The normalized spacial score (nSPS) is 10.7. The minimum Gasteiger partial charge on any atom is -0.308 e. The lowest BCUT2D eigenvalue weighted by Gasteiger charge is -2.07. The summed E-state index contributed by atoms with van der Waals surface area (Å²) in [6, 6.07) is 21.1. The largest absolute Gasteiger partial charge is 0.323 e. The first-order valence-corrected chi connectivity index (χ1v) is 8.88. The third kappa shape index (κ3) is 4.10. The number of nitrogens with zero attached hydrogens (tertiary/aromatic N) is 2.